The van der Waals surface area contributed by atoms with Crippen molar-refractivity contribution in [3.63, 3.8) is 0 Å². The van der Waals surface area contributed by atoms with Crippen LogP contribution in [0.15, 0.2) is 0 Å². The second kappa shape index (κ2) is 14.9. The SMILES string of the molecule is CCCCCC(=O)NCCN(CCOCCC(=O)O)CCC(=O)O. The predicted octanol–water partition coefficient (Wildman–Crippen LogP) is 0.951. The molecule has 0 spiro atoms. The van der Waals surface area contributed by atoms with Gasteiger partial charge in [0.25, 0.3) is 0 Å². The van der Waals surface area contributed by atoms with Crippen molar-refractivity contribution in [3.8, 4) is 0 Å². The van der Waals surface area contributed by atoms with E-state index in [2.05, 4.69) is 12.2 Å². The molecule has 0 atom stereocenters. The van der Waals surface area contributed by atoms with E-state index in [0.29, 0.717) is 39.2 Å². The maximum atomic E-state index is 11.6. The van der Waals surface area contributed by atoms with Crippen molar-refractivity contribution in [2.45, 2.75) is 45.4 Å². The smallest absolute Gasteiger partial charge is 0.305 e. The largest absolute Gasteiger partial charge is 0.481 e. The van der Waals surface area contributed by atoms with Gasteiger partial charge in [-0.2, -0.15) is 0 Å². The van der Waals surface area contributed by atoms with Gasteiger partial charge in [-0.1, -0.05) is 19.8 Å². The number of ether oxygens (including phenoxy) is 1. The Labute approximate surface area is 143 Å². The van der Waals surface area contributed by atoms with Crippen LogP contribution in [0.2, 0.25) is 0 Å². The van der Waals surface area contributed by atoms with Gasteiger partial charge in [0, 0.05) is 32.6 Å². The molecule has 0 aromatic rings. The first-order valence-corrected chi connectivity index (χ1v) is 8.46. The number of carboxylic acids is 2. The van der Waals surface area contributed by atoms with E-state index >= 15 is 0 Å². The lowest BCUT2D eigenvalue weighted by Gasteiger charge is -2.21. The molecule has 8 heteroatoms. The highest BCUT2D eigenvalue weighted by Crippen LogP contribution is 1.98. The quantitative estimate of drug-likeness (QED) is 0.356. The van der Waals surface area contributed by atoms with Gasteiger partial charge in [0.15, 0.2) is 0 Å². The number of hydrogen-bond donors (Lipinski definition) is 3. The molecule has 0 aliphatic heterocycles. The normalized spacial score (nSPS) is 10.8. The molecule has 0 aliphatic carbocycles. The van der Waals surface area contributed by atoms with E-state index in [4.69, 9.17) is 14.9 Å². The van der Waals surface area contributed by atoms with E-state index in [0.717, 1.165) is 19.3 Å². The first-order chi connectivity index (χ1) is 11.5. The number of aliphatic carboxylic acids is 2. The fraction of sp³-hybridized carbons (Fsp3) is 0.812. The summed E-state index contributed by atoms with van der Waals surface area (Å²) >= 11 is 0. The molecule has 0 unspecified atom stereocenters. The Morgan fingerprint density at radius 3 is 2.25 bits per heavy atom. The third-order valence-corrected chi connectivity index (χ3v) is 3.41. The number of nitrogens with zero attached hydrogens (tertiary/aromatic N) is 1. The van der Waals surface area contributed by atoms with Gasteiger partial charge in [0.05, 0.1) is 26.1 Å². The average molecular weight is 346 g/mol. The zero-order chi connectivity index (χ0) is 18.2. The predicted molar refractivity (Wildman–Crippen MR) is 88.9 cm³/mol. The highest BCUT2D eigenvalue weighted by Gasteiger charge is 2.09. The first kappa shape index (κ1) is 22.3. The van der Waals surface area contributed by atoms with Crippen molar-refractivity contribution in [3.05, 3.63) is 0 Å². The number of amides is 1. The van der Waals surface area contributed by atoms with E-state index in [1.54, 1.807) is 0 Å². The summed E-state index contributed by atoms with van der Waals surface area (Å²) in [5, 5.41) is 20.1. The summed E-state index contributed by atoms with van der Waals surface area (Å²) in [5.41, 5.74) is 0. The third-order valence-electron chi connectivity index (χ3n) is 3.41. The standard InChI is InChI=1S/C16H30N2O6/c1-2-3-4-5-14(19)17-8-10-18(9-6-15(20)21)11-13-24-12-7-16(22)23/h2-13H2,1H3,(H,17,19)(H,20,21)(H,22,23). The Bertz CT molecular complexity index is 376. The molecule has 8 nitrogen and oxygen atoms in total. The minimum absolute atomic E-state index is 0.0133. The number of unbranched alkanes of at least 4 members (excludes halogenated alkanes) is 2. The van der Waals surface area contributed by atoms with Crippen LogP contribution in [-0.2, 0) is 19.1 Å². The molecule has 0 saturated heterocycles. The summed E-state index contributed by atoms with van der Waals surface area (Å²) < 4.78 is 5.22. The van der Waals surface area contributed by atoms with Crippen LogP contribution in [0.5, 0.6) is 0 Å². The van der Waals surface area contributed by atoms with Crippen LogP contribution in [0.1, 0.15) is 45.4 Å². The maximum absolute atomic E-state index is 11.6. The van der Waals surface area contributed by atoms with Gasteiger partial charge in [-0.05, 0) is 6.42 Å². The number of nitrogens with one attached hydrogen (secondary N) is 1. The van der Waals surface area contributed by atoms with Crippen LogP contribution < -0.4 is 5.32 Å². The van der Waals surface area contributed by atoms with Crippen LogP contribution in [0, 0.1) is 0 Å². The lowest BCUT2D eigenvalue weighted by atomic mass is 10.2. The zero-order valence-corrected chi connectivity index (χ0v) is 14.5. The molecule has 3 N–H and O–H groups in total. The summed E-state index contributed by atoms with van der Waals surface area (Å²) in [6.45, 7) is 4.40. The molecule has 140 valence electrons. The van der Waals surface area contributed by atoms with E-state index in [1.165, 1.54) is 0 Å². The second-order valence-corrected chi connectivity index (χ2v) is 5.55. The Morgan fingerprint density at radius 2 is 1.62 bits per heavy atom. The van der Waals surface area contributed by atoms with Gasteiger partial charge < -0.3 is 20.3 Å². The monoisotopic (exact) mass is 346 g/mol. The summed E-state index contributed by atoms with van der Waals surface area (Å²) in [4.78, 5) is 34.6. The molecule has 0 aliphatic rings. The lowest BCUT2D eigenvalue weighted by Crippen LogP contribution is -2.37. The summed E-state index contributed by atoms with van der Waals surface area (Å²) in [6, 6.07) is 0. The third kappa shape index (κ3) is 15.2. The van der Waals surface area contributed by atoms with E-state index < -0.39 is 11.9 Å². The van der Waals surface area contributed by atoms with Crippen molar-refractivity contribution in [2.24, 2.45) is 0 Å². The second-order valence-electron chi connectivity index (χ2n) is 5.55. The summed E-state index contributed by atoms with van der Waals surface area (Å²) in [6.07, 6.45) is 3.45. The molecule has 0 bridgehead atoms. The topological polar surface area (TPSA) is 116 Å². The van der Waals surface area contributed by atoms with Gasteiger partial charge in [0.2, 0.25) is 5.91 Å². The Hall–Kier alpha value is -1.67. The number of carbonyl (C=O) groups excluding carboxylic acids is 1. The van der Waals surface area contributed by atoms with Gasteiger partial charge in [0.1, 0.15) is 0 Å². The summed E-state index contributed by atoms with van der Waals surface area (Å²) in [7, 11) is 0. The van der Waals surface area contributed by atoms with Crippen LogP contribution >= 0.6 is 0 Å². The molecule has 0 saturated carbocycles. The minimum Gasteiger partial charge on any atom is -0.481 e. The van der Waals surface area contributed by atoms with Crippen LogP contribution in [0.25, 0.3) is 0 Å². The molecule has 24 heavy (non-hydrogen) atoms. The van der Waals surface area contributed by atoms with Crippen molar-refractivity contribution >= 4 is 17.8 Å². The lowest BCUT2D eigenvalue weighted by molar-refractivity contribution is -0.139. The first-order valence-electron chi connectivity index (χ1n) is 8.46. The number of rotatable bonds is 16. The minimum atomic E-state index is -0.913. The van der Waals surface area contributed by atoms with Crippen LogP contribution in [0.4, 0.5) is 0 Å². The number of carboxylic acid groups (broad SMARTS) is 2. The molecule has 0 heterocycles. The molecule has 0 radical (unpaired) electrons. The molecule has 0 aromatic heterocycles. The molecular formula is C16H30N2O6. The van der Waals surface area contributed by atoms with Gasteiger partial charge >= 0.3 is 11.9 Å². The fourth-order valence-electron chi connectivity index (χ4n) is 2.02. The van der Waals surface area contributed by atoms with Gasteiger partial charge in [-0.15, -0.1) is 0 Å². The van der Waals surface area contributed by atoms with Crippen molar-refractivity contribution in [1.82, 2.24) is 10.2 Å². The Morgan fingerprint density at radius 1 is 0.917 bits per heavy atom. The van der Waals surface area contributed by atoms with E-state index in [9.17, 15) is 14.4 Å². The van der Waals surface area contributed by atoms with Crippen molar-refractivity contribution in [1.29, 1.82) is 0 Å². The summed E-state index contributed by atoms with van der Waals surface area (Å²) in [5.74, 6) is -1.78. The van der Waals surface area contributed by atoms with Crippen molar-refractivity contribution < 1.29 is 29.3 Å². The highest BCUT2D eigenvalue weighted by molar-refractivity contribution is 5.75. The Kier molecular flexibility index (Phi) is 13.9. The fourth-order valence-corrected chi connectivity index (χ4v) is 2.02. The average Bonchev–Trinajstić information content (AvgIpc) is 2.51. The van der Waals surface area contributed by atoms with Crippen LogP contribution in [-0.4, -0.2) is 72.4 Å². The van der Waals surface area contributed by atoms with E-state index in [-0.39, 0.29) is 25.4 Å². The van der Waals surface area contributed by atoms with Crippen molar-refractivity contribution in [2.75, 3.05) is 39.4 Å². The molecule has 1 amide bonds. The van der Waals surface area contributed by atoms with Crippen LogP contribution in [0.3, 0.4) is 0 Å². The van der Waals surface area contributed by atoms with E-state index in [1.807, 2.05) is 4.90 Å². The zero-order valence-electron chi connectivity index (χ0n) is 14.5. The highest BCUT2D eigenvalue weighted by atomic mass is 16.5. The molecular weight excluding hydrogens is 316 g/mol. The number of carbonyl (C=O) groups is 3. The number of hydrogen-bond acceptors (Lipinski definition) is 5. The van der Waals surface area contributed by atoms with Gasteiger partial charge in [-0.3, -0.25) is 19.3 Å². The molecule has 0 aromatic carbocycles. The Balaban J connectivity index is 3.95. The molecule has 0 rings (SSSR count). The molecule has 0 fully saturated rings. The maximum Gasteiger partial charge on any atom is 0.305 e. The van der Waals surface area contributed by atoms with Gasteiger partial charge in [-0.25, -0.2) is 0 Å².